The Hall–Kier alpha value is -2.56. The van der Waals surface area contributed by atoms with Gasteiger partial charge in [0.25, 0.3) is 0 Å². The van der Waals surface area contributed by atoms with Gasteiger partial charge in [-0.05, 0) is 36.2 Å². The van der Waals surface area contributed by atoms with Gasteiger partial charge in [0, 0.05) is 6.54 Å². The third kappa shape index (κ3) is 2.99. The fourth-order valence-electron chi connectivity index (χ4n) is 2.93. The number of hydrogen-bond donors (Lipinski definition) is 2. The Morgan fingerprint density at radius 1 is 0.913 bits per heavy atom. The van der Waals surface area contributed by atoms with Crippen molar-refractivity contribution < 1.29 is 14.2 Å². The standard InChI is InChI=1S/C18H22N2O3/c1-21-16-10-12(11-17(22-2)18(16)23-3)13-8-9-19-14-6-4-5-7-15(14)20-13/h4-7,10-11,13,19-20H,8-9H2,1-3H3/t13-/m0/s1. The van der Waals surface area contributed by atoms with E-state index in [1.165, 1.54) is 0 Å². The van der Waals surface area contributed by atoms with Gasteiger partial charge in [-0.3, -0.25) is 0 Å². The van der Waals surface area contributed by atoms with Crippen molar-refractivity contribution in [1.29, 1.82) is 0 Å². The maximum Gasteiger partial charge on any atom is 0.203 e. The second-order valence-corrected chi connectivity index (χ2v) is 5.42. The van der Waals surface area contributed by atoms with E-state index < -0.39 is 0 Å². The van der Waals surface area contributed by atoms with Gasteiger partial charge in [-0.1, -0.05) is 12.1 Å². The van der Waals surface area contributed by atoms with E-state index in [-0.39, 0.29) is 6.04 Å². The molecule has 1 aliphatic heterocycles. The number of methoxy groups -OCH3 is 3. The van der Waals surface area contributed by atoms with Crippen LogP contribution >= 0.6 is 0 Å². The van der Waals surface area contributed by atoms with Gasteiger partial charge in [0.1, 0.15) is 0 Å². The second-order valence-electron chi connectivity index (χ2n) is 5.42. The zero-order chi connectivity index (χ0) is 16.2. The summed E-state index contributed by atoms with van der Waals surface area (Å²) in [6.07, 6.45) is 0.952. The molecule has 0 spiro atoms. The number of anilines is 2. The maximum absolute atomic E-state index is 5.46. The number of hydrogen-bond acceptors (Lipinski definition) is 5. The first-order valence-electron chi connectivity index (χ1n) is 7.66. The van der Waals surface area contributed by atoms with Crippen LogP contribution in [-0.2, 0) is 0 Å². The molecule has 0 aromatic heterocycles. The van der Waals surface area contributed by atoms with Crippen molar-refractivity contribution in [2.45, 2.75) is 12.5 Å². The molecule has 0 radical (unpaired) electrons. The van der Waals surface area contributed by atoms with Crippen molar-refractivity contribution in [3.05, 3.63) is 42.0 Å². The minimum Gasteiger partial charge on any atom is -0.493 e. The molecule has 0 saturated carbocycles. The van der Waals surface area contributed by atoms with Crippen LogP contribution in [0.5, 0.6) is 17.2 Å². The fraction of sp³-hybridized carbons (Fsp3) is 0.333. The van der Waals surface area contributed by atoms with Crippen LogP contribution in [0.3, 0.4) is 0 Å². The largest absolute Gasteiger partial charge is 0.493 e. The van der Waals surface area contributed by atoms with E-state index in [0.29, 0.717) is 17.2 Å². The van der Waals surface area contributed by atoms with Crippen LogP contribution < -0.4 is 24.8 Å². The number of rotatable bonds is 4. The lowest BCUT2D eigenvalue weighted by atomic mass is 10.0. The third-order valence-corrected chi connectivity index (χ3v) is 4.09. The summed E-state index contributed by atoms with van der Waals surface area (Å²) in [5.74, 6) is 1.97. The molecule has 2 N–H and O–H groups in total. The zero-order valence-electron chi connectivity index (χ0n) is 13.7. The smallest absolute Gasteiger partial charge is 0.203 e. The first kappa shape index (κ1) is 15.3. The number of fused-ring (bicyclic) bond motifs is 1. The van der Waals surface area contributed by atoms with Crippen molar-refractivity contribution in [2.75, 3.05) is 38.5 Å². The Balaban J connectivity index is 1.98. The third-order valence-electron chi connectivity index (χ3n) is 4.09. The minimum atomic E-state index is 0.167. The predicted octanol–water partition coefficient (Wildman–Crippen LogP) is 3.68. The number of benzene rings is 2. The molecule has 0 amide bonds. The Morgan fingerprint density at radius 3 is 2.17 bits per heavy atom. The first-order valence-corrected chi connectivity index (χ1v) is 7.66. The Bertz CT molecular complexity index is 663. The number of nitrogens with one attached hydrogen (secondary N) is 2. The summed E-state index contributed by atoms with van der Waals surface area (Å²) < 4.78 is 16.3. The van der Waals surface area contributed by atoms with Crippen LogP contribution in [0.4, 0.5) is 11.4 Å². The van der Waals surface area contributed by atoms with Crippen molar-refractivity contribution in [3.63, 3.8) is 0 Å². The Kier molecular flexibility index (Phi) is 4.46. The first-order chi connectivity index (χ1) is 11.3. The van der Waals surface area contributed by atoms with E-state index >= 15 is 0 Å². The topological polar surface area (TPSA) is 51.8 Å². The maximum atomic E-state index is 5.46. The summed E-state index contributed by atoms with van der Waals surface area (Å²) in [6.45, 7) is 0.894. The average molecular weight is 314 g/mol. The van der Waals surface area contributed by atoms with E-state index in [1.54, 1.807) is 21.3 Å². The molecule has 0 aliphatic carbocycles. The lowest BCUT2D eigenvalue weighted by Gasteiger charge is -2.21. The SMILES string of the molecule is COc1cc([C@@H]2CCNc3ccccc3N2)cc(OC)c1OC. The van der Waals surface area contributed by atoms with Gasteiger partial charge >= 0.3 is 0 Å². The van der Waals surface area contributed by atoms with E-state index in [0.717, 1.165) is 29.9 Å². The van der Waals surface area contributed by atoms with Gasteiger partial charge in [-0.15, -0.1) is 0 Å². The highest BCUT2D eigenvalue weighted by Crippen LogP contribution is 2.41. The molecule has 122 valence electrons. The van der Waals surface area contributed by atoms with Crippen LogP contribution in [0, 0.1) is 0 Å². The van der Waals surface area contributed by atoms with Crippen molar-refractivity contribution in [1.82, 2.24) is 0 Å². The molecular weight excluding hydrogens is 292 g/mol. The van der Waals surface area contributed by atoms with Crippen molar-refractivity contribution >= 4 is 11.4 Å². The quantitative estimate of drug-likeness (QED) is 0.901. The predicted molar refractivity (Wildman–Crippen MR) is 92.0 cm³/mol. The van der Waals surface area contributed by atoms with Gasteiger partial charge in [-0.25, -0.2) is 0 Å². The molecule has 2 aromatic carbocycles. The molecule has 0 fully saturated rings. The molecule has 23 heavy (non-hydrogen) atoms. The van der Waals surface area contributed by atoms with E-state index in [9.17, 15) is 0 Å². The minimum absolute atomic E-state index is 0.167. The lowest BCUT2D eigenvalue weighted by molar-refractivity contribution is 0.323. The average Bonchev–Trinajstić information content (AvgIpc) is 2.82. The monoisotopic (exact) mass is 314 g/mol. The molecule has 5 nitrogen and oxygen atoms in total. The van der Waals surface area contributed by atoms with Crippen molar-refractivity contribution in [3.8, 4) is 17.2 Å². The van der Waals surface area contributed by atoms with E-state index in [1.807, 2.05) is 24.3 Å². The van der Waals surface area contributed by atoms with E-state index in [4.69, 9.17) is 14.2 Å². The van der Waals surface area contributed by atoms with Gasteiger partial charge in [0.05, 0.1) is 38.7 Å². The highest BCUT2D eigenvalue weighted by atomic mass is 16.5. The summed E-state index contributed by atoms with van der Waals surface area (Å²) in [5, 5.41) is 7.06. The molecule has 1 aliphatic rings. The normalized spacial score (nSPS) is 16.4. The van der Waals surface area contributed by atoms with Gasteiger partial charge in [-0.2, -0.15) is 0 Å². The number of ether oxygens (including phenoxy) is 3. The van der Waals surface area contributed by atoms with Gasteiger partial charge in [0.15, 0.2) is 11.5 Å². The Labute approximate surface area is 136 Å². The molecular formula is C18H22N2O3. The number of para-hydroxylation sites is 2. The second kappa shape index (κ2) is 6.69. The zero-order valence-corrected chi connectivity index (χ0v) is 13.7. The molecule has 2 aromatic rings. The van der Waals surface area contributed by atoms with Crippen LogP contribution in [0.1, 0.15) is 18.0 Å². The van der Waals surface area contributed by atoms with Crippen LogP contribution in [-0.4, -0.2) is 27.9 Å². The summed E-state index contributed by atoms with van der Waals surface area (Å²) in [4.78, 5) is 0. The summed E-state index contributed by atoms with van der Waals surface area (Å²) in [7, 11) is 4.89. The molecule has 0 saturated heterocycles. The summed E-state index contributed by atoms with van der Waals surface area (Å²) in [5.41, 5.74) is 3.34. The lowest BCUT2D eigenvalue weighted by Crippen LogP contribution is -2.12. The van der Waals surface area contributed by atoms with Crippen LogP contribution in [0.15, 0.2) is 36.4 Å². The molecule has 1 heterocycles. The van der Waals surface area contributed by atoms with Gasteiger partial charge in [0.2, 0.25) is 5.75 Å². The van der Waals surface area contributed by atoms with Crippen LogP contribution in [0.2, 0.25) is 0 Å². The summed E-state index contributed by atoms with van der Waals surface area (Å²) in [6, 6.07) is 12.4. The highest BCUT2D eigenvalue weighted by molar-refractivity contribution is 5.70. The molecule has 0 unspecified atom stereocenters. The van der Waals surface area contributed by atoms with Crippen molar-refractivity contribution in [2.24, 2.45) is 0 Å². The highest BCUT2D eigenvalue weighted by Gasteiger charge is 2.21. The fourth-order valence-corrected chi connectivity index (χ4v) is 2.93. The molecule has 3 rings (SSSR count). The van der Waals surface area contributed by atoms with Crippen LogP contribution in [0.25, 0.3) is 0 Å². The van der Waals surface area contributed by atoms with E-state index in [2.05, 4.69) is 22.8 Å². The Morgan fingerprint density at radius 2 is 1.57 bits per heavy atom. The molecule has 0 bridgehead atoms. The molecule has 1 atom stereocenters. The molecule has 5 heteroatoms. The van der Waals surface area contributed by atoms with Gasteiger partial charge < -0.3 is 24.8 Å². The summed E-state index contributed by atoms with van der Waals surface area (Å²) >= 11 is 0.